The van der Waals surface area contributed by atoms with Gasteiger partial charge in [-0.1, -0.05) is 60.5 Å². The summed E-state index contributed by atoms with van der Waals surface area (Å²) in [4.78, 5) is 49.0. The Morgan fingerprint density at radius 1 is 0.923 bits per heavy atom. The van der Waals surface area contributed by atoms with Crippen LogP contribution in [0.2, 0.25) is 0 Å². The zero-order valence-electron chi connectivity index (χ0n) is 24.3. The summed E-state index contributed by atoms with van der Waals surface area (Å²) < 4.78 is 21.6. The zero-order chi connectivity index (χ0) is 29.8. The van der Waals surface area contributed by atoms with Crippen LogP contribution in [0.25, 0.3) is 0 Å². The summed E-state index contributed by atoms with van der Waals surface area (Å²) in [7, 11) is 0. The van der Waals surface area contributed by atoms with Crippen LogP contribution >= 0.6 is 0 Å². The highest BCUT2D eigenvalue weighted by atomic mass is 16.7. The fourth-order valence-electron chi connectivity index (χ4n) is 3.74. The second-order valence-electron chi connectivity index (χ2n) is 11.0. The molecule has 0 amide bonds. The first-order chi connectivity index (χ1) is 18.2. The molecular formula is C29H45NO9. The van der Waals surface area contributed by atoms with Gasteiger partial charge >= 0.3 is 24.1 Å². The summed E-state index contributed by atoms with van der Waals surface area (Å²) in [6.07, 6.45) is 1.59. The molecule has 0 aliphatic rings. The smallest absolute Gasteiger partial charge is 0.480 e. The van der Waals surface area contributed by atoms with Crippen LogP contribution < -0.4 is 15.2 Å². The van der Waals surface area contributed by atoms with Crippen molar-refractivity contribution in [2.45, 2.75) is 105 Å². The summed E-state index contributed by atoms with van der Waals surface area (Å²) in [5, 5.41) is 9.76. The minimum atomic E-state index is -1.38. The highest BCUT2D eigenvalue weighted by Gasteiger charge is 2.36. The van der Waals surface area contributed by atoms with Crippen molar-refractivity contribution >= 4 is 24.1 Å². The minimum absolute atomic E-state index is 0.00796. The molecule has 4 atom stereocenters. The van der Waals surface area contributed by atoms with E-state index >= 15 is 0 Å². The van der Waals surface area contributed by atoms with E-state index < -0.39 is 48.0 Å². The van der Waals surface area contributed by atoms with Crippen LogP contribution in [0.5, 0.6) is 11.5 Å². The van der Waals surface area contributed by atoms with Crippen molar-refractivity contribution in [3.8, 4) is 11.5 Å². The predicted octanol–water partition coefficient (Wildman–Crippen LogP) is 5.60. The molecule has 0 heterocycles. The molecule has 0 saturated carbocycles. The lowest BCUT2D eigenvalue weighted by molar-refractivity contribution is -0.140. The monoisotopic (exact) mass is 551 g/mol. The van der Waals surface area contributed by atoms with Crippen molar-refractivity contribution in [3.63, 3.8) is 0 Å². The Bertz CT molecular complexity index is 970. The number of rotatable bonds is 15. The molecule has 39 heavy (non-hydrogen) atoms. The average Bonchev–Trinajstić information content (AvgIpc) is 2.85. The Morgan fingerprint density at radius 2 is 1.46 bits per heavy atom. The third kappa shape index (κ3) is 12.1. The largest absolute Gasteiger partial charge is 0.508 e. The molecule has 10 nitrogen and oxygen atoms in total. The number of hydrogen-bond donors (Lipinski definition) is 2. The number of nitrogens with two attached hydrogens (primary N) is 1. The van der Waals surface area contributed by atoms with Crippen molar-refractivity contribution < 1.29 is 43.2 Å². The van der Waals surface area contributed by atoms with Crippen LogP contribution in [0, 0.1) is 11.3 Å². The van der Waals surface area contributed by atoms with Crippen molar-refractivity contribution in [1.82, 2.24) is 0 Å². The Balaban J connectivity index is 3.34. The molecule has 3 unspecified atom stereocenters. The summed E-state index contributed by atoms with van der Waals surface area (Å²) in [5.74, 6) is -3.64. The third-order valence-corrected chi connectivity index (χ3v) is 6.15. The molecule has 1 aromatic carbocycles. The van der Waals surface area contributed by atoms with Crippen molar-refractivity contribution in [3.05, 3.63) is 23.8 Å². The Hall–Kier alpha value is -3.14. The maximum Gasteiger partial charge on any atom is 0.508 e. The van der Waals surface area contributed by atoms with E-state index in [0.29, 0.717) is 18.4 Å². The lowest BCUT2D eigenvalue weighted by atomic mass is 9.79. The summed E-state index contributed by atoms with van der Waals surface area (Å²) in [5.41, 5.74) is 6.27. The van der Waals surface area contributed by atoms with Gasteiger partial charge in [0.2, 0.25) is 0 Å². The van der Waals surface area contributed by atoms with Crippen LogP contribution in [0.4, 0.5) is 4.79 Å². The Morgan fingerprint density at radius 3 is 1.95 bits per heavy atom. The van der Waals surface area contributed by atoms with E-state index in [9.17, 15) is 24.3 Å². The van der Waals surface area contributed by atoms with Gasteiger partial charge in [-0.25, -0.2) is 4.79 Å². The second kappa shape index (κ2) is 16.1. The molecule has 0 saturated heterocycles. The lowest BCUT2D eigenvalue weighted by Crippen LogP contribution is -2.42. The number of carbonyl (C=O) groups is 4. The standard InChI is InChI=1S/C29H45NO9/c1-8-10-12-23(31)38-21-15-14-20(16-22(21)39-24(32)13-11-9-2)25(26(30)27(33)34)18(3)19(4)37-28(35)36-17-29(5,6)7/h14-16,18-19,25-26H,8-13,17,30H2,1-7H3,(H,33,34)/t18?,19?,25?,26-/m0/s1. The summed E-state index contributed by atoms with van der Waals surface area (Å²) >= 11 is 0. The van der Waals surface area contributed by atoms with Gasteiger partial charge in [-0.15, -0.1) is 0 Å². The number of carboxylic acid groups (broad SMARTS) is 1. The number of carbonyl (C=O) groups excluding carboxylic acids is 3. The first-order valence-electron chi connectivity index (χ1n) is 13.6. The molecule has 0 bridgehead atoms. The van der Waals surface area contributed by atoms with E-state index in [1.807, 2.05) is 34.6 Å². The predicted molar refractivity (Wildman–Crippen MR) is 146 cm³/mol. The molecular weight excluding hydrogens is 506 g/mol. The Kier molecular flexibility index (Phi) is 14.0. The van der Waals surface area contributed by atoms with Gasteiger partial charge in [-0.05, 0) is 42.9 Å². The van der Waals surface area contributed by atoms with E-state index in [-0.39, 0.29) is 36.4 Å². The highest BCUT2D eigenvalue weighted by Crippen LogP contribution is 2.37. The maximum absolute atomic E-state index is 12.4. The van der Waals surface area contributed by atoms with Gasteiger partial charge in [0.1, 0.15) is 12.1 Å². The van der Waals surface area contributed by atoms with Gasteiger partial charge in [-0.2, -0.15) is 0 Å². The van der Waals surface area contributed by atoms with Crippen LogP contribution in [0.15, 0.2) is 18.2 Å². The first-order valence-corrected chi connectivity index (χ1v) is 13.6. The van der Waals surface area contributed by atoms with Gasteiger partial charge < -0.3 is 29.8 Å². The minimum Gasteiger partial charge on any atom is -0.480 e. The van der Waals surface area contributed by atoms with Crippen molar-refractivity contribution in [1.29, 1.82) is 0 Å². The fourth-order valence-corrected chi connectivity index (χ4v) is 3.74. The normalized spacial score (nSPS) is 14.5. The maximum atomic E-state index is 12.4. The number of aliphatic carboxylic acids is 1. The number of esters is 2. The van der Waals surface area contributed by atoms with E-state index in [1.165, 1.54) is 12.1 Å². The van der Waals surface area contributed by atoms with E-state index in [2.05, 4.69) is 0 Å². The van der Waals surface area contributed by atoms with E-state index in [4.69, 9.17) is 24.7 Å². The van der Waals surface area contributed by atoms with Gasteiger partial charge in [-0.3, -0.25) is 14.4 Å². The molecule has 3 N–H and O–H groups in total. The van der Waals surface area contributed by atoms with Crippen LogP contribution in [-0.2, 0) is 23.9 Å². The van der Waals surface area contributed by atoms with Gasteiger partial charge in [0.25, 0.3) is 0 Å². The molecule has 10 heteroatoms. The van der Waals surface area contributed by atoms with Crippen molar-refractivity contribution in [2.75, 3.05) is 6.61 Å². The average molecular weight is 552 g/mol. The highest BCUT2D eigenvalue weighted by molar-refractivity contribution is 5.77. The van der Waals surface area contributed by atoms with E-state index in [0.717, 1.165) is 12.8 Å². The quantitative estimate of drug-likeness (QED) is 0.208. The molecule has 1 rings (SSSR count). The molecule has 0 spiro atoms. The summed E-state index contributed by atoms with van der Waals surface area (Å²) in [6.45, 7) is 13.1. The topological polar surface area (TPSA) is 151 Å². The molecule has 220 valence electrons. The molecule has 0 radical (unpaired) electrons. The number of unbranched alkanes of at least 4 members (excludes halogenated alkanes) is 2. The zero-order valence-corrected chi connectivity index (χ0v) is 24.3. The number of hydrogen-bond acceptors (Lipinski definition) is 9. The number of benzene rings is 1. The molecule has 0 aromatic heterocycles. The van der Waals surface area contributed by atoms with Gasteiger partial charge in [0.05, 0.1) is 6.61 Å². The number of carboxylic acids is 1. The third-order valence-electron chi connectivity index (χ3n) is 6.15. The molecule has 0 aliphatic heterocycles. The Labute approximate surface area is 231 Å². The SMILES string of the molecule is CCCCC(=O)Oc1ccc(C(C(C)C(C)OC(=O)OCC(C)(C)C)[C@H](N)C(=O)O)cc1OC(=O)CCCC. The molecule has 0 aliphatic carbocycles. The van der Waals surface area contributed by atoms with Gasteiger partial charge in [0, 0.05) is 24.7 Å². The first kappa shape index (κ1) is 33.9. The lowest BCUT2D eigenvalue weighted by Gasteiger charge is -2.31. The number of ether oxygens (including phenoxy) is 4. The van der Waals surface area contributed by atoms with Crippen LogP contribution in [0.1, 0.15) is 98.5 Å². The fraction of sp³-hybridized carbons (Fsp3) is 0.655. The van der Waals surface area contributed by atoms with Crippen molar-refractivity contribution in [2.24, 2.45) is 17.1 Å². The van der Waals surface area contributed by atoms with Gasteiger partial charge in [0.15, 0.2) is 11.5 Å². The molecule has 1 aromatic rings. The van der Waals surface area contributed by atoms with E-state index in [1.54, 1.807) is 19.9 Å². The van der Waals surface area contributed by atoms with Crippen LogP contribution in [0.3, 0.4) is 0 Å². The summed E-state index contributed by atoms with van der Waals surface area (Å²) in [6, 6.07) is 3.11. The van der Waals surface area contributed by atoms with Crippen LogP contribution in [-0.4, -0.2) is 47.9 Å². The second-order valence-corrected chi connectivity index (χ2v) is 11.0. The molecule has 0 fully saturated rings.